The minimum atomic E-state index is -0.206. The first-order chi connectivity index (χ1) is 15.4. The van der Waals surface area contributed by atoms with Crippen LogP contribution in [0.2, 0.25) is 0 Å². The van der Waals surface area contributed by atoms with Gasteiger partial charge in [0.1, 0.15) is 12.3 Å². The summed E-state index contributed by atoms with van der Waals surface area (Å²) in [6, 6.07) is 15.2. The average Bonchev–Trinajstić information content (AvgIpc) is 2.81. The number of rotatable bonds is 8. The van der Waals surface area contributed by atoms with Crippen LogP contribution in [0, 0.1) is 12.8 Å². The molecule has 6 nitrogen and oxygen atoms in total. The van der Waals surface area contributed by atoms with Gasteiger partial charge in [-0.25, -0.2) is 0 Å². The maximum Gasteiger partial charge on any atom is 0.258 e. The summed E-state index contributed by atoms with van der Waals surface area (Å²) in [5.74, 6) is 0.826. The van der Waals surface area contributed by atoms with Crippen molar-refractivity contribution in [1.29, 1.82) is 0 Å². The first-order valence-electron chi connectivity index (χ1n) is 11.4. The standard InChI is InChI=1S/C26H35N3O3.ClH/c1-19(2)28-15-13-21(14-16-28)17-27-25(30)18-29(24-8-6-5-7-20(24)3)26(31)22-9-11-23(32-4)12-10-22;/h5-12,19,21H,13-18H2,1-4H3,(H,27,30);1H. The number of carbonyl (C=O) groups is 2. The molecule has 1 fully saturated rings. The van der Waals surface area contributed by atoms with Crippen molar-refractivity contribution in [3.8, 4) is 5.75 Å². The maximum absolute atomic E-state index is 13.3. The van der Waals surface area contributed by atoms with E-state index in [1.165, 1.54) is 0 Å². The van der Waals surface area contributed by atoms with Gasteiger partial charge in [-0.05, 0) is 88.5 Å². The zero-order valence-electron chi connectivity index (χ0n) is 20.0. The number of hydrogen-bond donors (Lipinski definition) is 1. The Morgan fingerprint density at radius 2 is 1.73 bits per heavy atom. The van der Waals surface area contributed by atoms with Gasteiger partial charge in [0.2, 0.25) is 5.91 Å². The highest BCUT2D eigenvalue weighted by Gasteiger charge is 2.24. The lowest BCUT2D eigenvalue weighted by atomic mass is 9.96. The fourth-order valence-electron chi connectivity index (χ4n) is 4.15. The van der Waals surface area contributed by atoms with Crippen molar-refractivity contribution in [3.63, 3.8) is 0 Å². The molecule has 0 atom stereocenters. The molecule has 0 unspecified atom stereocenters. The number of nitrogens with zero attached hydrogens (tertiary/aromatic N) is 2. The van der Waals surface area contributed by atoms with Crippen molar-refractivity contribution < 1.29 is 14.3 Å². The zero-order chi connectivity index (χ0) is 23.1. The van der Waals surface area contributed by atoms with Crippen LogP contribution < -0.4 is 15.0 Å². The third-order valence-corrected chi connectivity index (χ3v) is 6.26. The van der Waals surface area contributed by atoms with Crippen molar-refractivity contribution in [2.45, 2.75) is 39.7 Å². The Bertz CT molecular complexity index is 909. The van der Waals surface area contributed by atoms with E-state index in [4.69, 9.17) is 4.74 Å². The molecule has 2 amide bonds. The number of likely N-dealkylation sites (tertiary alicyclic amines) is 1. The summed E-state index contributed by atoms with van der Waals surface area (Å²) < 4.78 is 5.19. The van der Waals surface area contributed by atoms with Crippen molar-refractivity contribution in [2.24, 2.45) is 5.92 Å². The Labute approximate surface area is 203 Å². The SMILES string of the molecule is COc1ccc(C(=O)N(CC(=O)NCC2CCN(C(C)C)CC2)c2ccccc2C)cc1.Cl. The lowest BCUT2D eigenvalue weighted by Gasteiger charge is -2.34. The van der Waals surface area contributed by atoms with Gasteiger partial charge in [0, 0.05) is 23.8 Å². The van der Waals surface area contributed by atoms with Crippen LogP contribution in [0.15, 0.2) is 48.5 Å². The molecule has 7 heteroatoms. The second-order valence-corrected chi connectivity index (χ2v) is 8.78. The van der Waals surface area contributed by atoms with E-state index < -0.39 is 0 Å². The number of piperidine rings is 1. The molecule has 0 saturated carbocycles. The largest absolute Gasteiger partial charge is 0.497 e. The molecule has 2 aromatic carbocycles. The number of nitrogens with one attached hydrogen (secondary N) is 1. The van der Waals surface area contributed by atoms with Crippen LogP contribution in [0.5, 0.6) is 5.75 Å². The molecule has 33 heavy (non-hydrogen) atoms. The predicted octanol–water partition coefficient (Wildman–Crippen LogP) is 4.31. The fourth-order valence-corrected chi connectivity index (χ4v) is 4.15. The van der Waals surface area contributed by atoms with E-state index in [1.54, 1.807) is 36.3 Å². The first kappa shape index (κ1) is 26.7. The van der Waals surface area contributed by atoms with Gasteiger partial charge in [-0.2, -0.15) is 0 Å². The lowest BCUT2D eigenvalue weighted by molar-refractivity contribution is -0.120. The molecular weight excluding hydrogens is 438 g/mol. The molecular formula is C26H36ClN3O3. The normalized spacial score (nSPS) is 14.5. The van der Waals surface area contributed by atoms with Crippen molar-refractivity contribution in [1.82, 2.24) is 10.2 Å². The average molecular weight is 474 g/mol. The molecule has 3 rings (SSSR count). The van der Waals surface area contributed by atoms with Crippen LogP contribution >= 0.6 is 12.4 Å². The molecule has 1 saturated heterocycles. The number of anilines is 1. The van der Waals surface area contributed by atoms with Crippen molar-refractivity contribution >= 4 is 29.9 Å². The van der Waals surface area contributed by atoms with Gasteiger partial charge < -0.3 is 15.0 Å². The van der Waals surface area contributed by atoms with Gasteiger partial charge in [0.25, 0.3) is 5.91 Å². The first-order valence-corrected chi connectivity index (χ1v) is 11.4. The Hall–Kier alpha value is -2.57. The molecule has 1 aliphatic heterocycles. The third-order valence-electron chi connectivity index (χ3n) is 6.26. The second-order valence-electron chi connectivity index (χ2n) is 8.78. The quantitative estimate of drug-likeness (QED) is 0.620. The summed E-state index contributed by atoms with van der Waals surface area (Å²) in [5.41, 5.74) is 2.21. The third kappa shape index (κ3) is 7.21. The number of carbonyl (C=O) groups excluding carboxylic acids is 2. The summed E-state index contributed by atoms with van der Waals surface area (Å²) >= 11 is 0. The number of hydrogen-bond acceptors (Lipinski definition) is 4. The summed E-state index contributed by atoms with van der Waals surface area (Å²) in [6.45, 7) is 9.19. The molecule has 180 valence electrons. The van der Waals surface area contributed by atoms with Crippen LogP contribution in [-0.2, 0) is 4.79 Å². The zero-order valence-corrected chi connectivity index (χ0v) is 20.9. The predicted molar refractivity (Wildman–Crippen MR) is 136 cm³/mol. The van der Waals surface area contributed by atoms with E-state index in [0.717, 1.165) is 37.2 Å². The van der Waals surface area contributed by atoms with Crippen molar-refractivity contribution in [3.05, 3.63) is 59.7 Å². The molecule has 0 aliphatic carbocycles. The number of benzene rings is 2. The topological polar surface area (TPSA) is 61.9 Å². The van der Waals surface area contributed by atoms with Gasteiger partial charge in [0.05, 0.1) is 7.11 Å². The molecule has 1 N–H and O–H groups in total. The van der Waals surface area contributed by atoms with Crippen LogP contribution in [0.3, 0.4) is 0 Å². The van der Waals surface area contributed by atoms with Gasteiger partial charge >= 0.3 is 0 Å². The monoisotopic (exact) mass is 473 g/mol. The molecule has 0 bridgehead atoms. The number of halogens is 1. The molecule has 1 heterocycles. The van der Waals surface area contributed by atoms with E-state index >= 15 is 0 Å². The van der Waals surface area contributed by atoms with Gasteiger partial charge in [-0.1, -0.05) is 18.2 Å². The smallest absolute Gasteiger partial charge is 0.258 e. The molecule has 1 aliphatic rings. The van der Waals surface area contributed by atoms with Gasteiger partial charge in [0.15, 0.2) is 0 Å². The van der Waals surface area contributed by atoms with Gasteiger partial charge in [-0.3, -0.25) is 14.5 Å². The van der Waals surface area contributed by atoms with Crippen LogP contribution in [0.4, 0.5) is 5.69 Å². The summed E-state index contributed by atoms with van der Waals surface area (Å²) in [4.78, 5) is 30.2. The summed E-state index contributed by atoms with van der Waals surface area (Å²) in [6.07, 6.45) is 2.18. The maximum atomic E-state index is 13.3. The highest BCUT2D eigenvalue weighted by Crippen LogP contribution is 2.23. The highest BCUT2D eigenvalue weighted by molar-refractivity contribution is 6.09. The van der Waals surface area contributed by atoms with Crippen LogP contribution in [0.1, 0.15) is 42.6 Å². The van der Waals surface area contributed by atoms with E-state index in [1.807, 2.05) is 31.2 Å². The molecule has 0 radical (unpaired) electrons. The summed E-state index contributed by atoms with van der Waals surface area (Å²) in [5, 5.41) is 3.07. The number of methoxy groups -OCH3 is 1. The van der Waals surface area contributed by atoms with E-state index in [-0.39, 0.29) is 30.8 Å². The summed E-state index contributed by atoms with van der Waals surface area (Å²) in [7, 11) is 1.59. The van der Waals surface area contributed by atoms with Crippen LogP contribution in [0.25, 0.3) is 0 Å². The Morgan fingerprint density at radius 3 is 2.30 bits per heavy atom. The second kappa shape index (κ2) is 12.6. The number of amides is 2. The minimum Gasteiger partial charge on any atom is -0.497 e. The Morgan fingerprint density at radius 1 is 1.09 bits per heavy atom. The van der Waals surface area contributed by atoms with Crippen LogP contribution in [-0.4, -0.2) is 56.0 Å². The molecule has 0 spiro atoms. The minimum absolute atomic E-state index is 0. The van der Waals surface area contributed by atoms with Crippen molar-refractivity contribution in [2.75, 3.05) is 38.2 Å². The number of ether oxygens (including phenoxy) is 1. The molecule has 2 aromatic rings. The molecule has 0 aromatic heterocycles. The fraction of sp³-hybridized carbons (Fsp3) is 0.462. The Kier molecular flexibility index (Phi) is 10.2. The highest BCUT2D eigenvalue weighted by atomic mass is 35.5. The number of aryl methyl sites for hydroxylation is 1. The Balaban J connectivity index is 0.00000385. The van der Waals surface area contributed by atoms with E-state index in [2.05, 4.69) is 24.1 Å². The van der Waals surface area contributed by atoms with E-state index in [0.29, 0.717) is 29.8 Å². The number of para-hydroxylation sites is 1. The lowest BCUT2D eigenvalue weighted by Crippen LogP contribution is -2.44. The van der Waals surface area contributed by atoms with Gasteiger partial charge in [-0.15, -0.1) is 12.4 Å². The van der Waals surface area contributed by atoms with E-state index in [9.17, 15) is 9.59 Å².